The lowest BCUT2D eigenvalue weighted by Crippen LogP contribution is -2.58. The van der Waals surface area contributed by atoms with Crippen LogP contribution in [-0.4, -0.2) is 102 Å². The Morgan fingerprint density at radius 3 is 2.50 bits per heavy atom. The first-order valence-corrected chi connectivity index (χ1v) is 24.4. The largest absolute Gasteiger partial charge is 0.497 e. The van der Waals surface area contributed by atoms with Gasteiger partial charge >= 0.3 is 6.09 Å². The van der Waals surface area contributed by atoms with Crippen molar-refractivity contribution in [1.82, 2.24) is 30.2 Å². The number of aromatic nitrogens is 2. The van der Waals surface area contributed by atoms with Crippen molar-refractivity contribution in [1.29, 1.82) is 0 Å². The molecule has 5 atom stereocenters. The van der Waals surface area contributed by atoms with Gasteiger partial charge in [0.15, 0.2) is 5.13 Å². The van der Waals surface area contributed by atoms with Gasteiger partial charge in [0.1, 0.15) is 47.0 Å². The number of allylic oxidation sites excluding steroid dienone is 1. The summed E-state index contributed by atoms with van der Waals surface area (Å²) in [5.41, 5.74) is 0.258. The van der Waals surface area contributed by atoms with Gasteiger partial charge in [0, 0.05) is 41.3 Å². The number of alkyl carbamates (subject to hydrolysis) is 1. The van der Waals surface area contributed by atoms with Crippen molar-refractivity contribution in [3.8, 4) is 22.9 Å². The summed E-state index contributed by atoms with van der Waals surface area (Å²) in [5, 5.41) is 11.8. The van der Waals surface area contributed by atoms with Crippen molar-refractivity contribution in [2.24, 2.45) is 5.92 Å². The highest BCUT2D eigenvalue weighted by Gasteiger charge is 2.62. The van der Waals surface area contributed by atoms with E-state index in [2.05, 4.69) is 20.7 Å². The highest BCUT2D eigenvalue weighted by atomic mass is 32.2. The van der Waals surface area contributed by atoms with Crippen LogP contribution < -0.4 is 30.1 Å². The predicted octanol–water partition coefficient (Wildman–Crippen LogP) is 5.97. The van der Waals surface area contributed by atoms with Crippen LogP contribution in [0.15, 0.2) is 41.8 Å². The van der Waals surface area contributed by atoms with Gasteiger partial charge in [0.05, 0.1) is 30.1 Å². The van der Waals surface area contributed by atoms with Crippen LogP contribution in [-0.2, 0) is 29.1 Å². The molecule has 0 radical (unpaired) electrons. The summed E-state index contributed by atoms with van der Waals surface area (Å²) >= 11 is 1.46. The van der Waals surface area contributed by atoms with Crippen LogP contribution in [0.25, 0.3) is 22.3 Å². The SMILES string of the molecule is COc1ccc2c(O[C@@H]3C[C@H]4C(=O)N[C@]5(C(=O)NS(=O)(=O)C6CCC6)C[C@H]5/C=C\CCCCC[C@H](NC(=O)OC5CCCC5)C(=O)N4C3)cc(-c3csc(NC(C)C)n3)nc2c1. The summed E-state index contributed by atoms with van der Waals surface area (Å²) in [6, 6.07) is 5.31. The van der Waals surface area contributed by atoms with Crippen molar-refractivity contribution < 1.29 is 41.8 Å². The molecular weight excluding hydrogens is 835 g/mol. The quantitative estimate of drug-likeness (QED) is 0.165. The van der Waals surface area contributed by atoms with Crippen LogP contribution in [0.1, 0.15) is 104 Å². The highest BCUT2D eigenvalue weighted by Crippen LogP contribution is 2.46. The maximum Gasteiger partial charge on any atom is 0.408 e. The summed E-state index contributed by atoms with van der Waals surface area (Å²) in [6.45, 7) is 4.05. The minimum Gasteiger partial charge on any atom is -0.497 e. The van der Waals surface area contributed by atoms with Crippen molar-refractivity contribution >= 4 is 61.2 Å². The van der Waals surface area contributed by atoms with Gasteiger partial charge in [0.2, 0.25) is 21.8 Å². The van der Waals surface area contributed by atoms with E-state index in [9.17, 15) is 27.6 Å². The summed E-state index contributed by atoms with van der Waals surface area (Å²) in [7, 11) is -2.37. The van der Waals surface area contributed by atoms with E-state index in [-0.39, 0.29) is 31.5 Å². The Morgan fingerprint density at radius 2 is 1.76 bits per heavy atom. The van der Waals surface area contributed by atoms with Gasteiger partial charge in [0.25, 0.3) is 5.91 Å². The molecule has 8 rings (SSSR count). The van der Waals surface area contributed by atoms with E-state index in [1.54, 1.807) is 25.3 Å². The fourth-order valence-electron chi connectivity index (χ4n) is 8.90. The number of fused-ring (bicyclic) bond motifs is 3. The second-order valence-corrected chi connectivity index (χ2v) is 20.4. The smallest absolute Gasteiger partial charge is 0.408 e. The maximum atomic E-state index is 14.8. The molecule has 0 spiro atoms. The molecule has 4 heterocycles. The van der Waals surface area contributed by atoms with Gasteiger partial charge in [-0.15, -0.1) is 11.3 Å². The van der Waals surface area contributed by atoms with Crippen LogP contribution in [0.5, 0.6) is 11.5 Å². The zero-order valence-corrected chi connectivity index (χ0v) is 37.2. The Balaban J connectivity index is 1.11. The number of nitrogens with one attached hydrogen (secondary N) is 4. The van der Waals surface area contributed by atoms with Gasteiger partial charge in [-0.3, -0.25) is 19.1 Å². The van der Waals surface area contributed by atoms with Crippen molar-refractivity contribution in [2.45, 2.75) is 145 Å². The molecule has 3 aromatic rings. The number of nitrogens with zero attached hydrogens (tertiary/aromatic N) is 3. The fraction of sp³-hybridized carbons (Fsp3) is 0.591. The minimum absolute atomic E-state index is 0.0141. The monoisotopic (exact) mass is 891 g/mol. The Hall–Kier alpha value is -4.97. The molecule has 2 aromatic heterocycles. The number of ether oxygens (including phenoxy) is 3. The molecule has 3 aliphatic carbocycles. The first kappa shape index (κ1) is 43.7. The predicted molar refractivity (Wildman–Crippen MR) is 234 cm³/mol. The second kappa shape index (κ2) is 18.4. The molecule has 1 aromatic carbocycles. The molecule has 5 aliphatic rings. The molecule has 18 heteroatoms. The van der Waals surface area contributed by atoms with E-state index >= 15 is 0 Å². The number of pyridine rings is 1. The number of sulfonamides is 1. The standard InChI is InChI=1S/C44H57N7O9S2/c1-26(2)45-42-47-36(25-61-42)35-22-38(32-19-18-29(58-3)20-34(32)46-35)59-30-21-37-39(52)49-44(41(54)50-62(56,57)31-15-11-16-31)23-27(44)12-7-5-4-6-8-17-33(40(53)51(37)24-30)48-43(55)60-28-13-9-10-14-28/h7,12,18-20,22,25-28,30-31,33,37H,4-6,8-11,13-17,21,23-24H2,1-3H3,(H,45,47)(H,48,55)(H,49,52)(H,50,54)/b12-7-/t27-,30-,33+,37+,44-/m1/s1. The minimum atomic E-state index is -3.95. The number of amides is 4. The molecule has 16 nitrogen and oxygen atoms in total. The fourth-order valence-corrected chi connectivity index (χ4v) is 11.3. The molecule has 3 saturated carbocycles. The summed E-state index contributed by atoms with van der Waals surface area (Å²) in [4.78, 5) is 67.9. The van der Waals surface area contributed by atoms with E-state index in [0.717, 1.165) is 50.1 Å². The molecule has 0 unspecified atom stereocenters. The molecule has 0 bridgehead atoms. The van der Waals surface area contributed by atoms with E-state index < -0.39 is 68.7 Å². The number of rotatable bonds is 11. The second-order valence-electron chi connectivity index (χ2n) is 17.6. The van der Waals surface area contributed by atoms with E-state index in [4.69, 9.17) is 24.2 Å². The maximum absolute atomic E-state index is 14.8. The van der Waals surface area contributed by atoms with E-state index in [1.807, 2.05) is 37.4 Å². The number of hydrogen-bond donors (Lipinski definition) is 4. The number of carbonyl (C=O) groups excluding carboxylic acids is 4. The van der Waals surface area contributed by atoms with E-state index in [1.165, 1.54) is 16.2 Å². The molecule has 4 amide bonds. The number of carbonyl (C=O) groups is 4. The number of benzene rings is 1. The zero-order valence-electron chi connectivity index (χ0n) is 35.5. The third-order valence-corrected chi connectivity index (χ3v) is 15.3. The summed E-state index contributed by atoms with van der Waals surface area (Å²) in [5.74, 6) is -1.25. The summed E-state index contributed by atoms with van der Waals surface area (Å²) in [6.07, 6.45) is 10.9. The van der Waals surface area contributed by atoms with Gasteiger partial charge in [-0.25, -0.2) is 23.2 Å². The molecular formula is C44H57N7O9S2. The van der Waals surface area contributed by atoms with Crippen molar-refractivity contribution in [2.75, 3.05) is 19.0 Å². The molecule has 1 saturated heterocycles. The van der Waals surface area contributed by atoms with Crippen LogP contribution in [0.4, 0.5) is 9.93 Å². The topological polar surface area (TPSA) is 207 Å². The molecule has 4 N–H and O–H groups in total. The number of methoxy groups -OCH3 is 1. The summed E-state index contributed by atoms with van der Waals surface area (Å²) < 4.78 is 46.7. The first-order valence-electron chi connectivity index (χ1n) is 22.0. The molecule has 334 valence electrons. The Bertz CT molecular complexity index is 2310. The highest BCUT2D eigenvalue weighted by molar-refractivity contribution is 7.90. The average molecular weight is 892 g/mol. The molecule has 62 heavy (non-hydrogen) atoms. The molecule has 4 fully saturated rings. The lowest BCUT2D eigenvalue weighted by molar-refractivity contribution is -0.141. The Kier molecular flexibility index (Phi) is 13.0. The first-order chi connectivity index (χ1) is 29.8. The lowest BCUT2D eigenvalue weighted by Gasteiger charge is -2.30. The van der Waals surface area contributed by atoms with Gasteiger partial charge < -0.3 is 35.1 Å². The molecule has 2 aliphatic heterocycles. The van der Waals surface area contributed by atoms with Crippen LogP contribution >= 0.6 is 11.3 Å². The normalized spacial score (nSPS) is 26.6. The number of thiazole rings is 1. The third-order valence-electron chi connectivity index (χ3n) is 12.7. The van der Waals surface area contributed by atoms with Crippen LogP contribution in [0, 0.1) is 5.92 Å². The van der Waals surface area contributed by atoms with Crippen molar-refractivity contribution in [3.63, 3.8) is 0 Å². The Labute approximate surface area is 366 Å². The zero-order chi connectivity index (χ0) is 43.6. The van der Waals surface area contributed by atoms with Gasteiger partial charge in [-0.1, -0.05) is 31.4 Å². The average Bonchev–Trinajstić information content (AvgIpc) is 3.64. The van der Waals surface area contributed by atoms with Crippen LogP contribution in [0.2, 0.25) is 0 Å². The lowest BCUT2D eigenvalue weighted by atomic mass is 10.0. The Morgan fingerprint density at radius 1 is 0.968 bits per heavy atom. The van der Waals surface area contributed by atoms with Gasteiger partial charge in [-0.05, 0) is 90.2 Å². The third kappa shape index (κ3) is 9.65. The number of hydrogen-bond acceptors (Lipinski definition) is 13. The van der Waals surface area contributed by atoms with E-state index in [0.29, 0.717) is 65.9 Å². The van der Waals surface area contributed by atoms with Crippen LogP contribution in [0.3, 0.4) is 0 Å². The number of anilines is 1. The van der Waals surface area contributed by atoms with Crippen molar-refractivity contribution in [3.05, 3.63) is 41.8 Å². The van der Waals surface area contributed by atoms with Gasteiger partial charge in [-0.2, -0.15) is 0 Å².